The highest BCUT2D eigenvalue weighted by Crippen LogP contribution is 2.25. The number of likely N-dealkylation sites (tertiary alicyclic amines) is 1. The van der Waals surface area contributed by atoms with Gasteiger partial charge in [0.15, 0.2) is 0 Å². The molecule has 4 rings (SSSR count). The molecule has 0 amide bonds. The van der Waals surface area contributed by atoms with Gasteiger partial charge in [-0.15, -0.1) is 5.10 Å². The van der Waals surface area contributed by atoms with Crippen LogP contribution in [0.1, 0.15) is 25.8 Å². The zero-order valence-electron chi connectivity index (χ0n) is 14.4. The Bertz CT molecular complexity index is 773. The molecule has 0 N–H and O–H groups in total. The molecule has 1 aromatic carbocycles. The van der Waals surface area contributed by atoms with E-state index in [0.29, 0.717) is 12.1 Å². The third-order valence-corrected chi connectivity index (χ3v) is 4.99. The van der Waals surface area contributed by atoms with Crippen LogP contribution in [0.3, 0.4) is 0 Å². The highest BCUT2D eigenvalue weighted by molar-refractivity contribution is 5.57. The minimum atomic E-state index is 0.430. The van der Waals surface area contributed by atoms with Gasteiger partial charge in [0.05, 0.1) is 18.8 Å². The summed E-state index contributed by atoms with van der Waals surface area (Å²) >= 11 is 0. The van der Waals surface area contributed by atoms with Crippen LogP contribution in [0.2, 0.25) is 0 Å². The monoisotopic (exact) mass is 337 g/mol. The third-order valence-electron chi connectivity index (χ3n) is 4.99. The van der Waals surface area contributed by atoms with Crippen molar-refractivity contribution in [2.75, 3.05) is 13.1 Å². The van der Waals surface area contributed by atoms with Crippen molar-refractivity contribution in [3.8, 4) is 11.3 Å². The van der Waals surface area contributed by atoms with Crippen molar-refractivity contribution in [1.82, 2.24) is 34.7 Å². The number of nitrogens with zero attached hydrogens (tertiary/aromatic N) is 7. The smallest absolute Gasteiger partial charge is 0.137 e. The van der Waals surface area contributed by atoms with E-state index in [-0.39, 0.29) is 0 Å². The molecule has 0 saturated carbocycles. The summed E-state index contributed by atoms with van der Waals surface area (Å²) in [5.41, 5.74) is 2.07. The lowest BCUT2D eigenvalue weighted by Crippen LogP contribution is -2.42. The molecule has 7 nitrogen and oxygen atoms in total. The Labute approximate surface area is 147 Å². The van der Waals surface area contributed by atoms with Gasteiger partial charge < -0.3 is 0 Å². The second-order valence-corrected chi connectivity index (χ2v) is 6.68. The molecule has 25 heavy (non-hydrogen) atoms. The first kappa shape index (κ1) is 16.0. The summed E-state index contributed by atoms with van der Waals surface area (Å²) in [4.78, 5) is 6.54. The summed E-state index contributed by atoms with van der Waals surface area (Å²) in [6.45, 7) is 5.28. The first-order valence-electron chi connectivity index (χ1n) is 8.83. The molecule has 0 aliphatic carbocycles. The number of rotatable bonds is 5. The van der Waals surface area contributed by atoms with Gasteiger partial charge in [0.1, 0.15) is 18.3 Å². The van der Waals surface area contributed by atoms with Crippen LogP contribution in [-0.2, 0) is 6.54 Å². The summed E-state index contributed by atoms with van der Waals surface area (Å²) in [6.07, 6.45) is 7.64. The number of hydrogen-bond donors (Lipinski definition) is 0. The summed E-state index contributed by atoms with van der Waals surface area (Å²) < 4.78 is 3.95. The largest absolute Gasteiger partial charge is 0.299 e. The van der Waals surface area contributed by atoms with E-state index >= 15 is 0 Å². The Kier molecular flexibility index (Phi) is 4.56. The quantitative estimate of drug-likeness (QED) is 0.714. The number of piperidine rings is 1. The Morgan fingerprint density at radius 3 is 2.68 bits per heavy atom. The second-order valence-electron chi connectivity index (χ2n) is 6.68. The van der Waals surface area contributed by atoms with Gasteiger partial charge in [-0.1, -0.05) is 35.5 Å². The molecule has 2 aromatic heterocycles. The Hall–Kier alpha value is -2.54. The van der Waals surface area contributed by atoms with E-state index in [0.717, 1.165) is 43.7 Å². The molecule has 0 radical (unpaired) electrons. The van der Waals surface area contributed by atoms with Gasteiger partial charge in [-0.25, -0.2) is 9.67 Å². The van der Waals surface area contributed by atoms with Crippen LogP contribution in [-0.4, -0.2) is 53.8 Å². The van der Waals surface area contributed by atoms with E-state index in [1.807, 2.05) is 27.6 Å². The number of aromatic nitrogens is 6. The van der Waals surface area contributed by atoms with E-state index in [2.05, 4.69) is 50.5 Å². The molecule has 1 fully saturated rings. The van der Waals surface area contributed by atoms with Gasteiger partial charge in [0.2, 0.25) is 0 Å². The Morgan fingerprint density at radius 2 is 1.96 bits per heavy atom. The van der Waals surface area contributed by atoms with E-state index in [1.165, 1.54) is 0 Å². The van der Waals surface area contributed by atoms with Crippen molar-refractivity contribution in [1.29, 1.82) is 0 Å². The molecular weight excluding hydrogens is 314 g/mol. The van der Waals surface area contributed by atoms with Crippen LogP contribution < -0.4 is 0 Å². The first-order chi connectivity index (χ1) is 12.3. The highest BCUT2D eigenvalue weighted by Gasteiger charge is 2.25. The van der Waals surface area contributed by atoms with Crippen molar-refractivity contribution < 1.29 is 0 Å². The van der Waals surface area contributed by atoms with Gasteiger partial charge in [0.25, 0.3) is 0 Å². The van der Waals surface area contributed by atoms with Crippen LogP contribution in [0.15, 0.2) is 49.2 Å². The van der Waals surface area contributed by atoms with Crippen molar-refractivity contribution in [2.45, 2.75) is 38.4 Å². The second kappa shape index (κ2) is 7.14. The number of benzene rings is 1. The maximum Gasteiger partial charge on any atom is 0.137 e. The van der Waals surface area contributed by atoms with E-state index in [9.17, 15) is 0 Å². The molecular formula is C18H23N7. The fraction of sp³-hybridized carbons (Fsp3) is 0.444. The lowest BCUT2D eigenvalue weighted by molar-refractivity contribution is 0.125. The molecule has 1 saturated heterocycles. The third kappa shape index (κ3) is 3.61. The molecule has 0 bridgehead atoms. The highest BCUT2D eigenvalue weighted by atomic mass is 15.4. The molecule has 3 aromatic rings. The van der Waals surface area contributed by atoms with Gasteiger partial charge >= 0.3 is 0 Å². The van der Waals surface area contributed by atoms with Gasteiger partial charge in [-0.2, -0.15) is 5.10 Å². The summed E-state index contributed by atoms with van der Waals surface area (Å²) in [5.74, 6) is 0. The van der Waals surface area contributed by atoms with E-state index in [1.54, 1.807) is 12.7 Å². The standard InChI is InChI=1S/C18H23N7/c1-15(11-24-14-19-13-20-24)23-9-7-17(8-10-23)25-12-18(21-22-25)16-5-3-2-4-6-16/h2-6,12-15,17H,7-11H2,1H3. The lowest BCUT2D eigenvalue weighted by Gasteiger charge is -2.35. The lowest BCUT2D eigenvalue weighted by atomic mass is 10.0. The zero-order valence-corrected chi connectivity index (χ0v) is 14.4. The molecule has 3 heterocycles. The van der Waals surface area contributed by atoms with Gasteiger partial charge in [0, 0.05) is 24.7 Å². The van der Waals surface area contributed by atoms with E-state index < -0.39 is 0 Å². The Morgan fingerprint density at radius 1 is 1.16 bits per heavy atom. The molecule has 0 spiro atoms. The van der Waals surface area contributed by atoms with Crippen molar-refractivity contribution in [3.05, 3.63) is 49.2 Å². The van der Waals surface area contributed by atoms with Crippen LogP contribution in [0.4, 0.5) is 0 Å². The molecule has 1 unspecified atom stereocenters. The first-order valence-corrected chi connectivity index (χ1v) is 8.83. The van der Waals surface area contributed by atoms with Crippen LogP contribution in [0, 0.1) is 0 Å². The number of hydrogen-bond acceptors (Lipinski definition) is 5. The minimum absolute atomic E-state index is 0.430. The SMILES string of the molecule is CC(Cn1cncn1)N1CCC(n2cc(-c3ccccc3)nn2)CC1. The molecule has 130 valence electrons. The predicted molar refractivity (Wildman–Crippen MR) is 94.8 cm³/mol. The maximum atomic E-state index is 4.37. The topological polar surface area (TPSA) is 64.7 Å². The summed E-state index contributed by atoms with van der Waals surface area (Å²) in [6, 6.07) is 11.1. The molecule has 1 aliphatic heterocycles. The van der Waals surface area contributed by atoms with Gasteiger partial charge in [-0.05, 0) is 19.8 Å². The summed E-state index contributed by atoms with van der Waals surface area (Å²) in [5, 5.41) is 12.9. The van der Waals surface area contributed by atoms with Crippen molar-refractivity contribution in [3.63, 3.8) is 0 Å². The average Bonchev–Trinajstić information content (AvgIpc) is 3.34. The predicted octanol–water partition coefficient (Wildman–Crippen LogP) is 2.26. The minimum Gasteiger partial charge on any atom is -0.299 e. The summed E-state index contributed by atoms with van der Waals surface area (Å²) in [7, 11) is 0. The van der Waals surface area contributed by atoms with Crippen LogP contribution in [0.5, 0.6) is 0 Å². The maximum absolute atomic E-state index is 4.37. The van der Waals surface area contributed by atoms with E-state index in [4.69, 9.17) is 0 Å². The molecule has 1 aliphatic rings. The van der Waals surface area contributed by atoms with Crippen LogP contribution >= 0.6 is 0 Å². The Balaban J connectivity index is 1.35. The van der Waals surface area contributed by atoms with Crippen LogP contribution in [0.25, 0.3) is 11.3 Å². The molecule has 1 atom stereocenters. The van der Waals surface area contributed by atoms with Crippen molar-refractivity contribution in [2.24, 2.45) is 0 Å². The average molecular weight is 337 g/mol. The van der Waals surface area contributed by atoms with Crippen molar-refractivity contribution >= 4 is 0 Å². The normalized spacial score (nSPS) is 17.6. The molecule has 7 heteroatoms. The fourth-order valence-corrected chi connectivity index (χ4v) is 3.50. The van der Waals surface area contributed by atoms with Gasteiger partial charge in [-0.3, -0.25) is 9.58 Å². The zero-order chi connectivity index (χ0) is 17.1. The fourth-order valence-electron chi connectivity index (χ4n) is 3.50.